The summed E-state index contributed by atoms with van der Waals surface area (Å²) in [6, 6.07) is 4.13. The average molecular weight is 366 g/mol. The number of hydrazone groups is 1. The number of nitrogens with one attached hydrogen (secondary N) is 1. The molecule has 0 amide bonds. The van der Waals surface area contributed by atoms with Crippen LogP contribution in [0.2, 0.25) is 5.02 Å². The monoisotopic (exact) mass is 365 g/mol. The van der Waals surface area contributed by atoms with E-state index in [4.69, 9.17) is 11.6 Å². The number of hydrogen-bond acceptors (Lipinski definition) is 6. The van der Waals surface area contributed by atoms with E-state index >= 15 is 0 Å². The van der Waals surface area contributed by atoms with Crippen LogP contribution in [0.3, 0.4) is 0 Å². The van der Waals surface area contributed by atoms with Crippen LogP contribution in [-0.4, -0.2) is 48.3 Å². The number of halogens is 1. The lowest BCUT2D eigenvalue weighted by molar-refractivity contribution is 0.271. The maximum absolute atomic E-state index is 6.53. The van der Waals surface area contributed by atoms with Crippen LogP contribution in [0.4, 0.5) is 10.8 Å². The van der Waals surface area contributed by atoms with E-state index in [1.807, 2.05) is 13.0 Å². The van der Waals surface area contributed by atoms with Crippen LogP contribution in [-0.2, 0) is 0 Å². The Morgan fingerprint density at radius 2 is 2.04 bits per heavy atom. The summed E-state index contributed by atoms with van der Waals surface area (Å²) in [6.45, 7) is 11.6. The fraction of sp³-hybridized carbons (Fsp3) is 0.529. The summed E-state index contributed by atoms with van der Waals surface area (Å²) in [5, 5.41) is 5.91. The van der Waals surface area contributed by atoms with Gasteiger partial charge in [0, 0.05) is 31.9 Å². The van der Waals surface area contributed by atoms with Gasteiger partial charge in [-0.25, -0.2) is 4.98 Å². The van der Waals surface area contributed by atoms with E-state index in [9.17, 15) is 0 Å². The lowest BCUT2D eigenvalue weighted by Gasteiger charge is -2.35. The first-order valence-corrected chi connectivity index (χ1v) is 9.66. The van der Waals surface area contributed by atoms with Crippen molar-refractivity contribution in [2.75, 3.05) is 43.0 Å². The smallest absolute Gasteiger partial charge is 0.204 e. The highest BCUT2D eigenvalue weighted by atomic mass is 35.5. The van der Waals surface area contributed by atoms with E-state index < -0.39 is 0 Å². The Bertz CT molecular complexity index is 734. The van der Waals surface area contributed by atoms with Gasteiger partial charge in [0.2, 0.25) is 5.13 Å². The van der Waals surface area contributed by atoms with E-state index in [0.29, 0.717) is 0 Å². The minimum absolute atomic E-state index is 0.775. The number of anilines is 2. The van der Waals surface area contributed by atoms with Crippen molar-refractivity contribution in [3.63, 3.8) is 0 Å². The van der Waals surface area contributed by atoms with Crippen LogP contribution in [0.15, 0.2) is 17.2 Å². The normalized spacial score (nSPS) is 16.8. The van der Waals surface area contributed by atoms with Crippen LogP contribution in [0.25, 0.3) is 10.2 Å². The first kappa shape index (κ1) is 17.5. The first-order chi connectivity index (χ1) is 11.6. The van der Waals surface area contributed by atoms with Crippen molar-refractivity contribution in [1.29, 1.82) is 0 Å². The van der Waals surface area contributed by atoms with Crippen molar-refractivity contribution >= 4 is 49.7 Å². The summed E-state index contributed by atoms with van der Waals surface area (Å²) in [7, 11) is 0. The Kier molecular flexibility index (Phi) is 5.58. The maximum Gasteiger partial charge on any atom is 0.204 e. The van der Waals surface area contributed by atoms with Crippen molar-refractivity contribution in [2.24, 2.45) is 5.10 Å². The zero-order valence-electron chi connectivity index (χ0n) is 14.5. The molecule has 1 aliphatic heterocycles. The first-order valence-electron chi connectivity index (χ1n) is 8.47. The molecule has 1 fully saturated rings. The van der Waals surface area contributed by atoms with Crippen LogP contribution in [0, 0.1) is 0 Å². The molecule has 0 unspecified atom stereocenters. The molecule has 1 aliphatic rings. The van der Waals surface area contributed by atoms with Gasteiger partial charge in [-0.2, -0.15) is 5.10 Å². The van der Waals surface area contributed by atoms with Gasteiger partial charge in [-0.05, 0) is 32.0 Å². The topological polar surface area (TPSA) is 43.8 Å². The average Bonchev–Trinajstić information content (AvgIpc) is 3.00. The minimum atomic E-state index is 0.775. The number of likely N-dealkylation sites (N-methyl/N-ethyl adjacent to an activating group) is 1. The van der Waals surface area contributed by atoms with Gasteiger partial charge in [-0.3, -0.25) is 5.43 Å². The fourth-order valence-corrected chi connectivity index (χ4v) is 3.86. The molecule has 0 bridgehead atoms. The lowest BCUT2D eigenvalue weighted by Crippen LogP contribution is -2.46. The molecule has 0 aliphatic carbocycles. The highest BCUT2D eigenvalue weighted by molar-refractivity contribution is 7.22. The van der Waals surface area contributed by atoms with E-state index in [0.717, 1.165) is 70.9 Å². The predicted molar refractivity (Wildman–Crippen MR) is 106 cm³/mol. The van der Waals surface area contributed by atoms with E-state index in [-0.39, 0.29) is 0 Å². The van der Waals surface area contributed by atoms with Crippen molar-refractivity contribution in [3.8, 4) is 0 Å². The van der Waals surface area contributed by atoms with Gasteiger partial charge in [0.25, 0.3) is 0 Å². The Morgan fingerprint density at radius 1 is 1.29 bits per heavy atom. The number of hydrogen-bond donors (Lipinski definition) is 1. The molecule has 1 N–H and O–H groups in total. The summed E-state index contributed by atoms with van der Waals surface area (Å²) in [5.41, 5.74) is 6.14. The molecular formula is C17H24ClN5S. The molecule has 0 saturated carbocycles. The minimum Gasteiger partial charge on any atom is -0.368 e. The molecule has 0 spiro atoms. The molecule has 0 radical (unpaired) electrons. The molecule has 24 heavy (non-hydrogen) atoms. The third-order valence-corrected chi connectivity index (χ3v) is 5.70. The SMILES string of the molecule is CC/C(C)=N\Nc1nc2cc(Cl)c(N3CCN(CC)CC3)cc2s1. The number of rotatable bonds is 5. The molecule has 130 valence electrons. The zero-order chi connectivity index (χ0) is 17.1. The number of piperazine rings is 1. The third kappa shape index (κ3) is 3.82. The summed E-state index contributed by atoms with van der Waals surface area (Å²) in [5.74, 6) is 0. The quantitative estimate of drug-likeness (QED) is 0.634. The number of thiazole rings is 1. The van der Waals surface area contributed by atoms with E-state index in [1.54, 1.807) is 11.3 Å². The highest BCUT2D eigenvalue weighted by Gasteiger charge is 2.19. The van der Waals surface area contributed by atoms with Gasteiger partial charge >= 0.3 is 0 Å². The van der Waals surface area contributed by atoms with Gasteiger partial charge in [0.15, 0.2) is 0 Å². The number of benzene rings is 1. The van der Waals surface area contributed by atoms with Crippen molar-refractivity contribution in [1.82, 2.24) is 9.88 Å². The molecule has 1 aromatic heterocycles. The summed E-state index contributed by atoms with van der Waals surface area (Å²) in [4.78, 5) is 9.42. The van der Waals surface area contributed by atoms with Crippen molar-refractivity contribution < 1.29 is 0 Å². The molecule has 2 aromatic rings. The summed E-state index contributed by atoms with van der Waals surface area (Å²) >= 11 is 8.14. The molecule has 2 heterocycles. The molecule has 5 nitrogen and oxygen atoms in total. The van der Waals surface area contributed by atoms with Crippen molar-refractivity contribution in [3.05, 3.63) is 17.2 Å². The van der Waals surface area contributed by atoms with Crippen LogP contribution >= 0.6 is 22.9 Å². The highest BCUT2D eigenvalue weighted by Crippen LogP contribution is 2.35. The Hall–Kier alpha value is -1.37. The Balaban J connectivity index is 1.81. The maximum atomic E-state index is 6.53. The van der Waals surface area contributed by atoms with Crippen LogP contribution in [0.1, 0.15) is 27.2 Å². The van der Waals surface area contributed by atoms with Crippen molar-refractivity contribution in [2.45, 2.75) is 27.2 Å². The van der Waals surface area contributed by atoms with Gasteiger partial charge in [0.05, 0.1) is 20.9 Å². The second-order valence-electron chi connectivity index (χ2n) is 6.02. The van der Waals surface area contributed by atoms with Crippen LogP contribution < -0.4 is 10.3 Å². The molecule has 3 rings (SSSR count). The number of fused-ring (bicyclic) bond motifs is 1. The van der Waals surface area contributed by atoms with Gasteiger partial charge in [-0.1, -0.05) is 36.8 Å². The molecule has 0 atom stereocenters. The molecular weight excluding hydrogens is 342 g/mol. The third-order valence-electron chi connectivity index (χ3n) is 4.47. The number of nitrogens with zero attached hydrogens (tertiary/aromatic N) is 4. The zero-order valence-corrected chi connectivity index (χ0v) is 16.0. The molecule has 1 aromatic carbocycles. The summed E-state index contributed by atoms with van der Waals surface area (Å²) in [6.07, 6.45) is 0.928. The Labute approximate surface area is 152 Å². The second kappa shape index (κ2) is 7.68. The van der Waals surface area contributed by atoms with Crippen LogP contribution in [0.5, 0.6) is 0 Å². The Morgan fingerprint density at radius 3 is 2.71 bits per heavy atom. The van der Waals surface area contributed by atoms with Gasteiger partial charge < -0.3 is 9.80 Å². The van der Waals surface area contributed by atoms with Gasteiger partial charge in [0.1, 0.15) is 0 Å². The molecule has 7 heteroatoms. The predicted octanol–water partition coefficient (Wildman–Crippen LogP) is 4.29. The number of aromatic nitrogens is 1. The standard InChI is InChI=1S/C17H24ClN5S/c1-4-12(3)20-21-17-19-14-10-13(18)15(11-16(14)24-17)23-8-6-22(5-2)7-9-23/h10-11H,4-9H2,1-3H3,(H,19,21)/b20-12-. The van der Waals surface area contributed by atoms with Gasteiger partial charge in [-0.15, -0.1) is 0 Å². The lowest BCUT2D eigenvalue weighted by atomic mass is 10.2. The second-order valence-corrected chi connectivity index (χ2v) is 7.46. The van der Waals surface area contributed by atoms with E-state index in [2.05, 4.69) is 45.2 Å². The molecule has 1 saturated heterocycles. The fourth-order valence-electron chi connectivity index (χ4n) is 2.76. The van der Waals surface area contributed by atoms with E-state index in [1.165, 1.54) is 0 Å². The summed E-state index contributed by atoms with van der Waals surface area (Å²) < 4.78 is 1.14. The largest absolute Gasteiger partial charge is 0.368 e.